The molecule has 0 radical (unpaired) electrons. The Morgan fingerprint density at radius 2 is 2.12 bits per heavy atom. The van der Waals surface area contributed by atoms with Crippen molar-refractivity contribution in [2.45, 2.75) is 38.8 Å². The van der Waals surface area contributed by atoms with Crippen LogP contribution in [0.1, 0.15) is 25.2 Å². The molecule has 4 nitrogen and oxygen atoms in total. The molecule has 1 N–H and O–H groups in total. The average Bonchev–Trinajstić information content (AvgIpc) is 2.51. The number of methoxy groups -OCH3 is 1. The van der Waals surface area contributed by atoms with E-state index in [0.29, 0.717) is 0 Å². The normalized spacial score (nSPS) is 14.1. The Labute approximate surface area is 108 Å². The third-order valence-electron chi connectivity index (χ3n) is 3.37. The molecule has 0 spiro atoms. The zero-order valence-electron chi connectivity index (χ0n) is 11.5. The van der Waals surface area contributed by atoms with E-state index < -0.39 is 0 Å². The first kappa shape index (κ1) is 14.5. The highest BCUT2D eigenvalue weighted by molar-refractivity contribution is 6.31. The van der Waals surface area contributed by atoms with Gasteiger partial charge in [0.15, 0.2) is 0 Å². The Morgan fingerprint density at radius 3 is 2.47 bits per heavy atom. The lowest BCUT2D eigenvalue weighted by atomic mass is 9.94. The molecule has 0 saturated heterocycles. The van der Waals surface area contributed by atoms with Crippen LogP contribution in [0.5, 0.6) is 0 Å². The van der Waals surface area contributed by atoms with Gasteiger partial charge >= 0.3 is 0 Å². The summed E-state index contributed by atoms with van der Waals surface area (Å²) in [5.74, 6) is 0. The highest BCUT2D eigenvalue weighted by atomic mass is 35.5. The van der Waals surface area contributed by atoms with Crippen molar-refractivity contribution >= 4 is 11.6 Å². The standard InChI is InChI=1S/C12H22ClN3O/c1-8-11(13)9(16(5)15-8)7-10(14-4)12(2,3)17-6/h10,14H,7H2,1-6H3. The lowest BCUT2D eigenvalue weighted by Crippen LogP contribution is -2.48. The Balaban J connectivity index is 2.96. The Kier molecular flexibility index (Phi) is 4.58. The maximum absolute atomic E-state index is 6.26. The second-order valence-corrected chi connectivity index (χ2v) is 5.20. The topological polar surface area (TPSA) is 39.1 Å². The molecule has 0 bridgehead atoms. The number of likely N-dealkylation sites (N-methyl/N-ethyl adjacent to an activating group) is 1. The van der Waals surface area contributed by atoms with Crippen molar-refractivity contribution in [2.24, 2.45) is 7.05 Å². The molecule has 1 heterocycles. The molecule has 0 amide bonds. The molecule has 0 saturated carbocycles. The quantitative estimate of drug-likeness (QED) is 0.878. The van der Waals surface area contributed by atoms with Crippen molar-refractivity contribution in [3.8, 4) is 0 Å². The third-order valence-corrected chi connectivity index (χ3v) is 3.86. The van der Waals surface area contributed by atoms with Gasteiger partial charge in [0.25, 0.3) is 0 Å². The Bertz CT molecular complexity index is 387. The number of rotatable bonds is 5. The molecule has 1 rings (SSSR count). The maximum atomic E-state index is 6.26. The molecule has 0 aliphatic rings. The number of hydrogen-bond acceptors (Lipinski definition) is 3. The van der Waals surface area contributed by atoms with Crippen LogP contribution in [0.2, 0.25) is 5.02 Å². The van der Waals surface area contributed by atoms with E-state index in [1.807, 2.05) is 25.7 Å². The van der Waals surface area contributed by atoms with Gasteiger partial charge in [0.1, 0.15) is 0 Å². The van der Waals surface area contributed by atoms with Gasteiger partial charge in [0.05, 0.1) is 22.0 Å². The van der Waals surface area contributed by atoms with Crippen molar-refractivity contribution < 1.29 is 4.74 Å². The predicted molar refractivity (Wildman–Crippen MR) is 70.6 cm³/mol. The molecular weight excluding hydrogens is 238 g/mol. The summed E-state index contributed by atoms with van der Waals surface area (Å²) in [4.78, 5) is 0. The molecule has 0 aliphatic carbocycles. The van der Waals surface area contributed by atoms with Crippen molar-refractivity contribution in [3.63, 3.8) is 0 Å². The largest absolute Gasteiger partial charge is 0.377 e. The van der Waals surface area contributed by atoms with Gasteiger partial charge in [-0.1, -0.05) is 11.6 Å². The van der Waals surface area contributed by atoms with E-state index in [1.165, 1.54) is 0 Å². The number of nitrogens with one attached hydrogen (secondary N) is 1. The second-order valence-electron chi connectivity index (χ2n) is 4.82. The first-order valence-electron chi connectivity index (χ1n) is 5.73. The average molecular weight is 260 g/mol. The molecular formula is C12H22ClN3O. The molecule has 1 atom stereocenters. The van der Waals surface area contributed by atoms with Gasteiger partial charge in [-0.05, 0) is 27.8 Å². The van der Waals surface area contributed by atoms with Crippen molar-refractivity contribution in [2.75, 3.05) is 14.2 Å². The van der Waals surface area contributed by atoms with Crippen LogP contribution in [0.4, 0.5) is 0 Å². The highest BCUT2D eigenvalue weighted by Crippen LogP contribution is 2.24. The first-order chi connectivity index (χ1) is 7.83. The van der Waals surface area contributed by atoms with E-state index in [1.54, 1.807) is 7.11 Å². The van der Waals surface area contributed by atoms with Crippen LogP contribution in [0, 0.1) is 6.92 Å². The van der Waals surface area contributed by atoms with Crippen molar-refractivity contribution in [1.29, 1.82) is 0 Å². The van der Waals surface area contributed by atoms with Crippen LogP contribution >= 0.6 is 11.6 Å². The van der Waals surface area contributed by atoms with Crippen LogP contribution in [0.15, 0.2) is 0 Å². The van der Waals surface area contributed by atoms with Crippen LogP contribution in [0.25, 0.3) is 0 Å². The zero-order valence-corrected chi connectivity index (χ0v) is 12.2. The van der Waals surface area contributed by atoms with E-state index in [9.17, 15) is 0 Å². The van der Waals surface area contributed by atoms with E-state index in [2.05, 4.69) is 24.3 Å². The zero-order chi connectivity index (χ0) is 13.2. The van der Waals surface area contributed by atoms with Gasteiger partial charge in [-0.15, -0.1) is 0 Å². The lowest BCUT2D eigenvalue weighted by molar-refractivity contribution is -0.00840. The monoisotopic (exact) mass is 259 g/mol. The maximum Gasteiger partial charge on any atom is 0.0847 e. The molecule has 1 aromatic heterocycles. The highest BCUT2D eigenvalue weighted by Gasteiger charge is 2.30. The summed E-state index contributed by atoms with van der Waals surface area (Å²) in [5.41, 5.74) is 1.65. The van der Waals surface area contributed by atoms with Gasteiger partial charge in [0.2, 0.25) is 0 Å². The minimum absolute atomic E-state index is 0.180. The fourth-order valence-electron chi connectivity index (χ4n) is 1.93. The van der Waals surface area contributed by atoms with E-state index in [0.717, 1.165) is 22.8 Å². The summed E-state index contributed by atoms with van der Waals surface area (Å²) in [5, 5.41) is 8.35. The Morgan fingerprint density at radius 1 is 1.53 bits per heavy atom. The molecule has 17 heavy (non-hydrogen) atoms. The molecule has 1 unspecified atom stereocenters. The summed E-state index contributed by atoms with van der Waals surface area (Å²) in [7, 11) is 5.57. The summed E-state index contributed by atoms with van der Waals surface area (Å²) in [6.45, 7) is 6.04. The second kappa shape index (κ2) is 5.38. The summed E-state index contributed by atoms with van der Waals surface area (Å²) in [6.07, 6.45) is 0.785. The SMILES string of the molecule is CNC(Cc1c(Cl)c(C)nn1C)C(C)(C)OC. The molecule has 5 heteroatoms. The van der Waals surface area contributed by atoms with Crippen LogP contribution in [-0.4, -0.2) is 35.6 Å². The van der Waals surface area contributed by atoms with Gasteiger partial charge in [-0.3, -0.25) is 4.68 Å². The fraction of sp³-hybridized carbons (Fsp3) is 0.750. The number of ether oxygens (including phenoxy) is 1. The van der Waals surface area contributed by atoms with Crippen LogP contribution in [0.3, 0.4) is 0 Å². The van der Waals surface area contributed by atoms with Crippen LogP contribution < -0.4 is 5.32 Å². The van der Waals surface area contributed by atoms with Gasteiger partial charge < -0.3 is 10.1 Å². The minimum Gasteiger partial charge on any atom is -0.377 e. The number of aromatic nitrogens is 2. The van der Waals surface area contributed by atoms with Crippen molar-refractivity contribution in [3.05, 3.63) is 16.4 Å². The van der Waals surface area contributed by atoms with Gasteiger partial charge in [-0.25, -0.2) is 0 Å². The number of halogens is 1. The molecule has 0 aliphatic heterocycles. The summed E-state index contributed by atoms with van der Waals surface area (Å²) < 4.78 is 7.36. The van der Waals surface area contributed by atoms with Crippen molar-refractivity contribution in [1.82, 2.24) is 15.1 Å². The molecule has 0 aromatic carbocycles. The molecule has 98 valence electrons. The fourth-order valence-corrected chi connectivity index (χ4v) is 2.17. The van der Waals surface area contributed by atoms with Crippen LogP contribution in [-0.2, 0) is 18.2 Å². The van der Waals surface area contributed by atoms with E-state index >= 15 is 0 Å². The van der Waals surface area contributed by atoms with E-state index in [-0.39, 0.29) is 11.6 Å². The third kappa shape index (κ3) is 3.00. The van der Waals surface area contributed by atoms with Gasteiger partial charge in [-0.2, -0.15) is 5.10 Å². The predicted octanol–water partition coefficient (Wildman–Crippen LogP) is 1.94. The lowest BCUT2D eigenvalue weighted by Gasteiger charge is -2.33. The number of hydrogen-bond donors (Lipinski definition) is 1. The number of nitrogens with zero attached hydrogens (tertiary/aromatic N) is 2. The first-order valence-corrected chi connectivity index (χ1v) is 6.11. The molecule has 0 fully saturated rings. The summed E-state index contributed by atoms with van der Waals surface area (Å²) in [6, 6.07) is 0.180. The summed E-state index contributed by atoms with van der Waals surface area (Å²) >= 11 is 6.26. The van der Waals surface area contributed by atoms with E-state index in [4.69, 9.17) is 16.3 Å². The molecule has 1 aromatic rings. The smallest absolute Gasteiger partial charge is 0.0847 e. The number of aryl methyl sites for hydroxylation is 2. The minimum atomic E-state index is -0.254. The van der Waals surface area contributed by atoms with Gasteiger partial charge in [0, 0.05) is 26.6 Å². The Hall–Kier alpha value is -0.580.